The Balaban J connectivity index is 1.72. The summed E-state index contributed by atoms with van der Waals surface area (Å²) in [6.45, 7) is 14.0. The molecule has 4 aromatic carbocycles. The second-order valence-electron chi connectivity index (χ2n) is 13.6. The Morgan fingerprint density at radius 1 is 0.905 bits per heavy atom. The molecule has 4 nitrogen and oxygen atoms in total. The van der Waals surface area contributed by atoms with Crippen LogP contribution in [0.1, 0.15) is 71.9 Å². The number of fused-ring (bicyclic) bond motifs is 11. The Bertz CT molecular complexity index is 2050. The average molecular weight is 557 g/mol. The van der Waals surface area contributed by atoms with Crippen molar-refractivity contribution in [2.24, 2.45) is 7.05 Å². The van der Waals surface area contributed by atoms with Gasteiger partial charge in [0.05, 0.1) is 10.9 Å². The number of benzene rings is 4. The van der Waals surface area contributed by atoms with Crippen molar-refractivity contribution in [3.8, 4) is 11.3 Å². The molecule has 0 radical (unpaired) electrons. The summed E-state index contributed by atoms with van der Waals surface area (Å²) in [7, 11) is 2.20. The van der Waals surface area contributed by atoms with Gasteiger partial charge in [-0.1, -0.05) is 95.3 Å². The third-order valence-electron chi connectivity index (χ3n) is 10.9. The molecule has 2 unspecified atom stereocenters. The van der Waals surface area contributed by atoms with Gasteiger partial charge in [0, 0.05) is 24.6 Å². The number of hydrogen-bond acceptors (Lipinski definition) is 2. The normalized spacial score (nSPS) is 20.5. The zero-order valence-electron chi connectivity index (χ0n) is 26.0. The SMILES string of the molecule is CCC1(CCO)c2ccc3cc(C(C)(C)C)ccc3c2-c2c3c(nc[n+]2C1(C)CC)c1c2ccccc2ccc1n3C. The molecule has 3 heterocycles. The van der Waals surface area contributed by atoms with Crippen molar-refractivity contribution in [1.29, 1.82) is 0 Å². The van der Waals surface area contributed by atoms with E-state index in [4.69, 9.17) is 4.98 Å². The second kappa shape index (κ2) is 9.12. The van der Waals surface area contributed by atoms with Gasteiger partial charge in [-0.2, -0.15) is 0 Å². The smallest absolute Gasteiger partial charge is 0.287 e. The summed E-state index contributed by atoms with van der Waals surface area (Å²) in [4.78, 5) is 5.28. The minimum atomic E-state index is -0.272. The lowest BCUT2D eigenvalue weighted by atomic mass is 9.57. The molecular formula is C38H42N3O+. The molecule has 0 bridgehead atoms. The van der Waals surface area contributed by atoms with Crippen molar-refractivity contribution >= 4 is 43.5 Å². The van der Waals surface area contributed by atoms with E-state index < -0.39 is 0 Å². The summed E-state index contributed by atoms with van der Waals surface area (Å²) in [6.07, 6.45) is 4.67. The van der Waals surface area contributed by atoms with Crippen LogP contribution >= 0.6 is 0 Å². The van der Waals surface area contributed by atoms with Crippen LogP contribution in [0.5, 0.6) is 0 Å². The average Bonchev–Trinajstić information content (AvgIpc) is 3.29. The van der Waals surface area contributed by atoms with Crippen molar-refractivity contribution in [2.75, 3.05) is 6.61 Å². The van der Waals surface area contributed by atoms with Gasteiger partial charge in [0.25, 0.3) is 6.33 Å². The maximum absolute atomic E-state index is 10.5. The highest BCUT2D eigenvalue weighted by molar-refractivity contribution is 6.21. The van der Waals surface area contributed by atoms with E-state index in [1.54, 1.807) is 0 Å². The highest BCUT2D eigenvalue weighted by Crippen LogP contribution is 2.54. The number of hydrogen-bond donors (Lipinski definition) is 1. The van der Waals surface area contributed by atoms with Crippen LogP contribution in [-0.2, 0) is 23.4 Å². The summed E-state index contributed by atoms with van der Waals surface area (Å²) >= 11 is 0. The highest BCUT2D eigenvalue weighted by atomic mass is 16.3. The molecule has 6 aromatic rings. The maximum atomic E-state index is 10.5. The number of aryl methyl sites for hydroxylation is 1. The molecule has 1 aliphatic heterocycles. The van der Waals surface area contributed by atoms with Gasteiger partial charge < -0.3 is 9.67 Å². The first kappa shape index (κ1) is 27.1. The van der Waals surface area contributed by atoms with Crippen LogP contribution in [0.25, 0.3) is 54.7 Å². The van der Waals surface area contributed by atoms with Gasteiger partial charge in [0.1, 0.15) is 11.1 Å². The standard InChI is InChI=1S/C38H42N3O/c1-8-37(6)38(9-2,20-21-42)29-18-14-25-22-26(36(3,4)5)16-17-28(25)31(29)34-35-33(39-23-41(34)37)32-27-13-11-10-12-24(27)15-19-30(32)40(35)7/h10-19,22-23,42H,8-9,20-21H2,1-7H3/q+1. The van der Waals surface area contributed by atoms with Crippen LogP contribution in [0.15, 0.2) is 73.1 Å². The molecular weight excluding hydrogens is 514 g/mol. The monoisotopic (exact) mass is 556 g/mol. The predicted octanol–water partition coefficient (Wildman–Crippen LogP) is 8.45. The van der Waals surface area contributed by atoms with Crippen molar-refractivity contribution in [3.63, 3.8) is 0 Å². The lowest BCUT2D eigenvalue weighted by Gasteiger charge is -2.51. The van der Waals surface area contributed by atoms with Crippen LogP contribution < -0.4 is 4.57 Å². The molecule has 0 aliphatic carbocycles. The Morgan fingerprint density at radius 3 is 2.38 bits per heavy atom. The minimum Gasteiger partial charge on any atom is -0.396 e. The van der Waals surface area contributed by atoms with Crippen molar-refractivity contribution in [3.05, 3.63) is 84.2 Å². The topological polar surface area (TPSA) is 41.9 Å². The zero-order valence-corrected chi connectivity index (χ0v) is 26.0. The van der Waals surface area contributed by atoms with E-state index >= 15 is 0 Å². The number of aliphatic hydroxyl groups excluding tert-OH is 1. The minimum absolute atomic E-state index is 0.0652. The number of aliphatic hydroxyl groups is 1. The van der Waals surface area contributed by atoms with E-state index in [1.807, 2.05) is 0 Å². The van der Waals surface area contributed by atoms with Crippen molar-refractivity contribution < 1.29 is 9.67 Å². The Hall–Kier alpha value is -3.76. The molecule has 1 aliphatic rings. The van der Waals surface area contributed by atoms with Crippen LogP contribution in [0.2, 0.25) is 0 Å². The van der Waals surface area contributed by atoms with Gasteiger partial charge in [-0.3, -0.25) is 0 Å². The maximum Gasteiger partial charge on any atom is 0.287 e. The third kappa shape index (κ3) is 3.33. The largest absolute Gasteiger partial charge is 0.396 e. The number of aromatic nitrogens is 3. The molecule has 42 heavy (non-hydrogen) atoms. The molecule has 214 valence electrons. The van der Waals surface area contributed by atoms with Gasteiger partial charge in [-0.25, -0.2) is 4.57 Å². The Morgan fingerprint density at radius 2 is 1.67 bits per heavy atom. The van der Waals surface area contributed by atoms with E-state index in [-0.39, 0.29) is 23.0 Å². The van der Waals surface area contributed by atoms with Crippen LogP contribution in [0.4, 0.5) is 0 Å². The summed E-state index contributed by atoms with van der Waals surface area (Å²) in [6, 6.07) is 24.9. The van der Waals surface area contributed by atoms with E-state index in [2.05, 4.69) is 131 Å². The van der Waals surface area contributed by atoms with Crippen LogP contribution in [0, 0.1) is 0 Å². The lowest BCUT2D eigenvalue weighted by molar-refractivity contribution is -0.767. The van der Waals surface area contributed by atoms with E-state index in [9.17, 15) is 5.11 Å². The first-order valence-electron chi connectivity index (χ1n) is 15.5. The van der Waals surface area contributed by atoms with Crippen molar-refractivity contribution in [2.45, 2.75) is 77.2 Å². The number of rotatable bonds is 4. The first-order chi connectivity index (χ1) is 20.1. The van der Waals surface area contributed by atoms with Gasteiger partial charge in [0.15, 0.2) is 5.69 Å². The molecule has 0 saturated heterocycles. The van der Waals surface area contributed by atoms with Gasteiger partial charge >= 0.3 is 0 Å². The molecule has 7 rings (SSSR count). The predicted molar refractivity (Wildman–Crippen MR) is 175 cm³/mol. The molecule has 4 heteroatoms. The second-order valence-corrected chi connectivity index (χ2v) is 13.6. The molecule has 0 saturated carbocycles. The van der Waals surface area contributed by atoms with E-state index in [0.717, 1.165) is 18.4 Å². The summed E-state index contributed by atoms with van der Waals surface area (Å²) < 4.78 is 4.85. The Kier molecular flexibility index (Phi) is 5.88. The van der Waals surface area contributed by atoms with Gasteiger partial charge in [-0.15, -0.1) is 0 Å². The fourth-order valence-corrected chi connectivity index (χ4v) is 8.31. The fourth-order valence-electron chi connectivity index (χ4n) is 8.31. The highest BCUT2D eigenvalue weighted by Gasteiger charge is 2.57. The van der Waals surface area contributed by atoms with Gasteiger partial charge in [-0.05, 0) is 75.3 Å². The third-order valence-corrected chi connectivity index (χ3v) is 10.9. The van der Waals surface area contributed by atoms with E-state index in [0.29, 0.717) is 6.42 Å². The lowest BCUT2D eigenvalue weighted by Crippen LogP contribution is -2.69. The molecule has 0 fully saturated rings. The molecule has 0 spiro atoms. The van der Waals surface area contributed by atoms with Crippen LogP contribution in [-0.4, -0.2) is 21.3 Å². The quantitative estimate of drug-likeness (QED) is 0.221. The number of nitrogens with zero attached hydrogens (tertiary/aromatic N) is 3. The first-order valence-corrected chi connectivity index (χ1v) is 15.5. The summed E-state index contributed by atoms with van der Waals surface area (Å²) in [5.74, 6) is 0. The molecule has 2 aromatic heterocycles. The van der Waals surface area contributed by atoms with Crippen molar-refractivity contribution in [1.82, 2.24) is 9.55 Å². The van der Waals surface area contributed by atoms with E-state index in [1.165, 1.54) is 60.3 Å². The molecule has 1 N–H and O–H groups in total. The fraction of sp³-hybridized carbons (Fsp3) is 0.368. The van der Waals surface area contributed by atoms with Crippen LogP contribution in [0.3, 0.4) is 0 Å². The molecule has 2 atom stereocenters. The zero-order chi connectivity index (χ0) is 29.6. The summed E-state index contributed by atoms with van der Waals surface area (Å²) in [5, 5.41) is 16.8. The summed E-state index contributed by atoms with van der Waals surface area (Å²) in [5.41, 5.74) is 8.18. The van der Waals surface area contributed by atoms with Gasteiger partial charge in [0.2, 0.25) is 5.52 Å². The molecule has 0 amide bonds. The Labute approximate surface area is 248 Å².